The van der Waals surface area contributed by atoms with Crippen LogP contribution in [0.5, 0.6) is 0 Å². The minimum Gasteiger partial charge on any atom is -0.460 e. The molecule has 4 fully saturated rings. The molecule has 1 aromatic rings. The van der Waals surface area contributed by atoms with Gasteiger partial charge in [0, 0.05) is 5.41 Å². The first-order valence-corrected chi connectivity index (χ1v) is 9.11. The van der Waals surface area contributed by atoms with Crippen molar-refractivity contribution >= 4 is 11.9 Å². The van der Waals surface area contributed by atoms with Crippen LogP contribution in [0.25, 0.3) is 0 Å². The summed E-state index contributed by atoms with van der Waals surface area (Å²) in [6.07, 6.45) is 6.99. The van der Waals surface area contributed by atoms with Crippen LogP contribution in [0.15, 0.2) is 30.3 Å². The number of rotatable bonds is 5. The van der Waals surface area contributed by atoms with Crippen LogP contribution >= 0.6 is 0 Å². The maximum atomic E-state index is 12.8. The summed E-state index contributed by atoms with van der Waals surface area (Å²) < 4.78 is 5.24. The van der Waals surface area contributed by atoms with E-state index < -0.39 is 0 Å². The maximum absolute atomic E-state index is 12.8. The van der Waals surface area contributed by atoms with E-state index in [-0.39, 0.29) is 30.4 Å². The molecule has 1 amide bonds. The van der Waals surface area contributed by atoms with Crippen molar-refractivity contribution in [3.05, 3.63) is 35.9 Å². The number of carbonyl (C=O) groups is 2. The van der Waals surface area contributed by atoms with Crippen LogP contribution in [-0.4, -0.2) is 18.4 Å². The molecular formula is C20H25NO3. The van der Waals surface area contributed by atoms with Gasteiger partial charge in [0.25, 0.3) is 0 Å². The first kappa shape index (κ1) is 15.7. The highest BCUT2D eigenvalue weighted by Crippen LogP contribution is 2.60. The summed E-state index contributed by atoms with van der Waals surface area (Å²) >= 11 is 0. The molecule has 0 radical (unpaired) electrons. The Kier molecular flexibility index (Phi) is 4.07. The molecule has 128 valence electrons. The average Bonchev–Trinajstić information content (AvgIpc) is 2.57. The van der Waals surface area contributed by atoms with Gasteiger partial charge in [0.2, 0.25) is 5.91 Å². The van der Waals surface area contributed by atoms with Crippen molar-refractivity contribution in [3.8, 4) is 0 Å². The standard InChI is InChI=1S/C20H25NO3/c22-18(24-13-14-4-2-1-3-5-14)12-21-19(23)20-9-15-6-16(10-20)8-17(7-15)11-20/h1-5,15-17H,6-13H2,(H,21,23). The van der Waals surface area contributed by atoms with Gasteiger partial charge in [-0.2, -0.15) is 0 Å². The second-order valence-corrected chi connectivity index (χ2v) is 8.03. The number of hydrogen-bond donors (Lipinski definition) is 1. The predicted octanol–water partition coefficient (Wildman–Crippen LogP) is 3.06. The van der Waals surface area contributed by atoms with E-state index >= 15 is 0 Å². The molecule has 4 heteroatoms. The Bertz CT molecular complexity index is 590. The van der Waals surface area contributed by atoms with Crippen LogP contribution in [0, 0.1) is 23.2 Å². The van der Waals surface area contributed by atoms with Gasteiger partial charge in [0.15, 0.2) is 0 Å². The van der Waals surface area contributed by atoms with Gasteiger partial charge in [0.1, 0.15) is 13.2 Å². The van der Waals surface area contributed by atoms with E-state index in [9.17, 15) is 9.59 Å². The number of ether oxygens (including phenoxy) is 1. The van der Waals surface area contributed by atoms with Crippen LogP contribution in [0.1, 0.15) is 44.1 Å². The quantitative estimate of drug-likeness (QED) is 0.846. The predicted molar refractivity (Wildman–Crippen MR) is 89.9 cm³/mol. The van der Waals surface area contributed by atoms with E-state index in [1.54, 1.807) is 0 Å². The molecule has 1 aromatic carbocycles. The van der Waals surface area contributed by atoms with Crippen LogP contribution in [-0.2, 0) is 20.9 Å². The summed E-state index contributed by atoms with van der Waals surface area (Å²) in [5, 5.41) is 2.86. The zero-order chi connectivity index (χ0) is 16.6. The van der Waals surface area contributed by atoms with E-state index in [4.69, 9.17) is 4.74 Å². The molecular weight excluding hydrogens is 302 g/mol. The first-order valence-electron chi connectivity index (χ1n) is 9.11. The Morgan fingerprint density at radius 3 is 2.17 bits per heavy atom. The van der Waals surface area contributed by atoms with Crippen molar-refractivity contribution in [2.24, 2.45) is 23.2 Å². The zero-order valence-corrected chi connectivity index (χ0v) is 14.0. The summed E-state index contributed by atoms with van der Waals surface area (Å²) in [7, 11) is 0. The van der Waals surface area contributed by atoms with Gasteiger partial charge in [-0.25, -0.2) is 0 Å². The number of esters is 1. The van der Waals surface area contributed by atoms with Gasteiger partial charge in [-0.3, -0.25) is 9.59 Å². The average molecular weight is 327 g/mol. The fourth-order valence-corrected chi connectivity index (χ4v) is 5.52. The third-order valence-electron chi connectivity index (χ3n) is 6.16. The fourth-order valence-electron chi connectivity index (χ4n) is 5.52. The van der Waals surface area contributed by atoms with E-state index in [1.165, 1.54) is 19.3 Å². The van der Waals surface area contributed by atoms with E-state index in [0.717, 1.165) is 42.6 Å². The smallest absolute Gasteiger partial charge is 0.325 e. The number of nitrogens with one attached hydrogen (secondary N) is 1. The Morgan fingerprint density at radius 1 is 1.00 bits per heavy atom. The highest BCUT2D eigenvalue weighted by atomic mass is 16.5. The van der Waals surface area contributed by atoms with Crippen molar-refractivity contribution < 1.29 is 14.3 Å². The maximum Gasteiger partial charge on any atom is 0.325 e. The third-order valence-corrected chi connectivity index (χ3v) is 6.16. The molecule has 24 heavy (non-hydrogen) atoms. The monoisotopic (exact) mass is 327 g/mol. The zero-order valence-electron chi connectivity index (χ0n) is 14.0. The van der Waals surface area contributed by atoms with Crippen molar-refractivity contribution in [3.63, 3.8) is 0 Å². The highest BCUT2D eigenvalue weighted by Gasteiger charge is 2.54. The molecule has 4 aliphatic carbocycles. The molecule has 0 aliphatic heterocycles. The lowest BCUT2D eigenvalue weighted by Gasteiger charge is -2.55. The van der Waals surface area contributed by atoms with Gasteiger partial charge < -0.3 is 10.1 Å². The third kappa shape index (κ3) is 3.06. The molecule has 0 heterocycles. The molecule has 0 spiro atoms. The topological polar surface area (TPSA) is 55.4 Å². The molecule has 5 rings (SSSR count). The summed E-state index contributed by atoms with van der Waals surface area (Å²) in [6, 6.07) is 9.59. The summed E-state index contributed by atoms with van der Waals surface area (Å²) in [4.78, 5) is 24.7. The summed E-state index contributed by atoms with van der Waals surface area (Å²) in [5.74, 6) is 1.90. The molecule has 0 unspecified atom stereocenters. The fraction of sp³-hybridized carbons (Fsp3) is 0.600. The molecule has 4 nitrogen and oxygen atoms in total. The van der Waals surface area contributed by atoms with Crippen molar-refractivity contribution in [2.45, 2.75) is 45.1 Å². The Hall–Kier alpha value is -1.84. The van der Waals surface area contributed by atoms with Crippen molar-refractivity contribution in [1.29, 1.82) is 0 Å². The number of amides is 1. The molecule has 4 saturated carbocycles. The Morgan fingerprint density at radius 2 is 1.58 bits per heavy atom. The first-order chi connectivity index (χ1) is 11.6. The van der Waals surface area contributed by atoms with Crippen molar-refractivity contribution in [2.75, 3.05) is 6.54 Å². The molecule has 0 aromatic heterocycles. The van der Waals surface area contributed by atoms with Gasteiger partial charge in [-0.15, -0.1) is 0 Å². The van der Waals surface area contributed by atoms with Gasteiger partial charge in [-0.1, -0.05) is 30.3 Å². The van der Waals surface area contributed by atoms with Crippen LogP contribution in [0.2, 0.25) is 0 Å². The minimum absolute atomic E-state index is 0.0204. The number of carbonyl (C=O) groups excluding carboxylic acids is 2. The SMILES string of the molecule is O=C(CNC(=O)C12CC3CC(CC(C3)C1)C2)OCc1ccccc1. The number of hydrogen-bond acceptors (Lipinski definition) is 3. The lowest BCUT2D eigenvalue weighted by Crippen LogP contribution is -2.54. The van der Waals surface area contributed by atoms with Crippen LogP contribution in [0.3, 0.4) is 0 Å². The number of benzene rings is 1. The van der Waals surface area contributed by atoms with E-state index in [2.05, 4.69) is 5.32 Å². The lowest BCUT2D eigenvalue weighted by atomic mass is 9.49. The Balaban J connectivity index is 1.28. The molecule has 4 aliphatic rings. The highest BCUT2D eigenvalue weighted by molar-refractivity contribution is 5.86. The summed E-state index contributed by atoms with van der Waals surface area (Å²) in [5.41, 5.74) is 0.757. The largest absolute Gasteiger partial charge is 0.460 e. The second-order valence-electron chi connectivity index (χ2n) is 8.03. The van der Waals surface area contributed by atoms with Crippen LogP contribution < -0.4 is 5.32 Å². The van der Waals surface area contributed by atoms with E-state index in [0.29, 0.717) is 0 Å². The van der Waals surface area contributed by atoms with E-state index in [1.807, 2.05) is 30.3 Å². The molecule has 1 N–H and O–H groups in total. The minimum atomic E-state index is -0.364. The second kappa shape index (κ2) is 6.23. The van der Waals surface area contributed by atoms with Gasteiger partial charge >= 0.3 is 5.97 Å². The summed E-state index contributed by atoms with van der Waals surface area (Å²) in [6.45, 7) is 0.236. The molecule has 4 bridgehead atoms. The molecule has 0 saturated heterocycles. The van der Waals surface area contributed by atoms with Crippen molar-refractivity contribution in [1.82, 2.24) is 5.32 Å². The van der Waals surface area contributed by atoms with Crippen LogP contribution in [0.4, 0.5) is 0 Å². The lowest BCUT2D eigenvalue weighted by molar-refractivity contribution is -0.151. The Labute approximate surface area is 143 Å². The van der Waals surface area contributed by atoms with Gasteiger partial charge in [-0.05, 0) is 61.8 Å². The normalized spacial score (nSPS) is 33.2. The molecule has 0 atom stereocenters. The van der Waals surface area contributed by atoms with Gasteiger partial charge in [0.05, 0.1) is 0 Å².